The molecule has 2 heterocycles. The molecule has 0 spiro atoms. The SMILES string of the molecule is O=S(=O)(NCc1cncc(-c2ccsc2)c1)c1ccccc1. The maximum atomic E-state index is 12.2. The van der Waals surface area contributed by atoms with Crippen molar-refractivity contribution in [1.29, 1.82) is 0 Å². The summed E-state index contributed by atoms with van der Waals surface area (Å²) in [5, 5.41) is 4.04. The molecule has 0 atom stereocenters. The zero-order chi connectivity index (χ0) is 15.4. The van der Waals surface area contributed by atoms with Gasteiger partial charge in [-0.1, -0.05) is 18.2 Å². The van der Waals surface area contributed by atoms with E-state index in [2.05, 4.69) is 9.71 Å². The van der Waals surface area contributed by atoms with E-state index in [9.17, 15) is 8.42 Å². The van der Waals surface area contributed by atoms with Gasteiger partial charge in [0.2, 0.25) is 10.0 Å². The van der Waals surface area contributed by atoms with Crippen molar-refractivity contribution in [2.75, 3.05) is 0 Å². The van der Waals surface area contributed by atoms with Crippen LogP contribution in [0.25, 0.3) is 11.1 Å². The number of hydrogen-bond acceptors (Lipinski definition) is 4. The number of nitrogens with zero attached hydrogens (tertiary/aromatic N) is 1. The fraction of sp³-hybridized carbons (Fsp3) is 0.0625. The second-order valence-corrected chi connectivity index (χ2v) is 7.28. The summed E-state index contributed by atoms with van der Waals surface area (Å²) in [5.74, 6) is 0. The number of aromatic nitrogens is 1. The van der Waals surface area contributed by atoms with E-state index < -0.39 is 10.0 Å². The van der Waals surface area contributed by atoms with E-state index in [1.807, 2.05) is 22.9 Å². The lowest BCUT2D eigenvalue weighted by Crippen LogP contribution is -2.23. The summed E-state index contributed by atoms with van der Waals surface area (Å²) < 4.78 is 27.0. The van der Waals surface area contributed by atoms with Crippen molar-refractivity contribution in [2.24, 2.45) is 0 Å². The molecular weight excluding hydrogens is 316 g/mol. The maximum absolute atomic E-state index is 12.2. The molecule has 22 heavy (non-hydrogen) atoms. The number of pyridine rings is 1. The Bertz CT molecular complexity index is 845. The Labute approximate surface area is 133 Å². The van der Waals surface area contributed by atoms with Crippen LogP contribution in [0.4, 0.5) is 0 Å². The zero-order valence-corrected chi connectivity index (χ0v) is 13.3. The third-order valence-corrected chi connectivity index (χ3v) is 5.27. The molecule has 6 heteroatoms. The lowest BCUT2D eigenvalue weighted by Gasteiger charge is -2.07. The molecule has 0 fully saturated rings. The highest BCUT2D eigenvalue weighted by Gasteiger charge is 2.13. The minimum Gasteiger partial charge on any atom is -0.264 e. The third-order valence-electron chi connectivity index (χ3n) is 3.17. The standard InChI is InChI=1S/C16H14N2O2S2/c19-22(20,16-4-2-1-3-5-16)18-10-13-8-15(11-17-9-13)14-6-7-21-12-14/h1-9,11-12,18H,10H2. The first-order valence-corrected chi connectivity index (χ1v) is 9.09. The van der Waals surface area contributed by atoms with Gasteiger partial charge in [-0.3, -0.25) is 4.98 Å². The summed E-state index contributed by atoms with van der Waals surface area (Å²) in [6.45, 7) is 0.211. The summed E-state index contributed by atoms with van der Waals surface area (Å²) in [6.07, 6.45) is 3.45. The van der Waals surface area contributed by atoms with Gasteiger partial charge in [0.15, 0.2) is 0 Å². The highest BCUT2D eigenvalue weighted by atomic mass is 32.2. The fourth-order valence-corrected chi connectivity index (χ4v) is 3.74. The van der Waals surface area contributed by atoms with Crippen molar-refractivity contribution in [3.63, 3.8) is 0 Å². The number of benzene rings is 1. The average Bonchev–Trinajstić information content (AvgIpc) is 3.09. The molecule has 0 aliphatic rings. The van der Waals surface area contributed by atoms with Gasteiger partial charge in [0.05, 0.1) is 4.90 Å². The van der Waals surface area contributed by atoms with Gasteiger partial charge in [-0.15, -0.1) is 0 Å². The zero-order valence-electron chi connectivity index (χ0n) is 11.6. The van der Waals surface area contributed by atoms with Crippen molar-refractivity contribution < 1.29 is 8.42 Å². The molecule has 0 amide bonds. The molecule has 0 aliphatic carbocycles. The smallest absolute Gasteiger partial charge is 0.240 e. The molecule has 1 N–H and O–H groups in total. The second-order valence-electron chi connectivity index (χ2n) is 4.73. The molecule has 4 nitrogen and oxygen atoms in total. The topological polar surface area (TPSA) is 59.1 Å². The molecule has 0 unspecified atom stereocenters. The van der Waals surface area contributed by atoms with Crippen LogP contribution in [-0.4, -0.2) is 13.4 Å². The molecule has 0 bridgehead atoms. The molecular formula is C16H14N2O2S2. The maximum Gasteiger partial charge on any atom is 0.240 e. The van der Waals surface area contributed by atoms with E-state index in [-0.39, 0.29) is 11.4 Å². The Balaban J connectivity index is 1.76. The minimum atomic E-state index is -3.50. The van der Waals surface area contributed by atoms with Crippen LogP contribution < -0.4 is 4.72 Å². The lowest BCUT2D eigenvalue weighted by molar-refractivity contribution is 0.581. The van der Waals surface area contributed by atoms with Crippen molar-refractivity contribution in [3.8, 4) is 11.1 Å². The van der Waals surface area contributed by atoms with Gasteiger partial charge in [0, 0.05) is 24.5 Å². The van der Waals surface area contributed by atoms with Gasteiger partial charge in [-0.25, -0.2) is 13.1 Å². The first kappa shape index (κ1) is 14.9. The number of thiophene rings is 1. The van der Waals surface area contributed by atoms with Crippen LogP contribution in [0.15, 0.2) is 70.5 Å². The Morgan fingerprint density at radius 2 is 1.86 bits per heavy atom. The van der Waals surface area contributed by atoms with Gasteiger partial charge >= 0.3 is 0 Å². The van der Waals surface area contributed by atoms with Gasteiger partial charge in [-0.05, 0) is 46.2 Å². The summed E-state index contributed by atoms with van der Waals surface area (Å²) in [5.41, 5.74) is 2.89. The molecule has 2 aromatic heterocycles. The van der Waals surface area contributed by atoms with Crippen molar-refractivity contribution >= 4 is 21.4 Å². The quantitative estimate of drug-likeness (QED) is 0.781. The van der Waals surface area contributed by atoms with E-state index in [0.29, 0.717) is 0 Å². The number of sulfonamides is 1. The van der Waals surface area contributed by atoms with Crippen LogP contribution >= 0.6 is 11.3 Å². The van der Waals surface area contributed by atoms with E-state index in [0.717, 1.165) is 16.7 Å². The fourth-order valence-electron chi connectivity index (χ4n) is 2.03. The van der Waals surface area contributed by atoms with Gasteiger partial charge in [0.1, 0.15) is 0 Å². The predicted octanol–water partition coefficient (Wildman–Crippen LogP) is 3.29. The highest BCUT2D eigenvalue weighted by molar-refractivity contribution is 7.89. The first-order chi connectivity index (χ1) is 10.6. The van der Waals surface area contributed by atoms with E-state index >= 15 is 0 Å². The van der Waals surface area contributed by atoms with E-state index in [1.165, 1.54) is 0 Å². The van der Waals surface area contributed by atoms with Crippen LogP contribution in [0.5, 0.6) is 0 Å². The van der Waals surface area contributed by atoms with Gasteiger partial charge in [-0.2, -0.15) is 11.3 Å². The highest BCUT2D eigenvalue weighted by Crippen LogP contribution is 2.22. The van der Waals surface area contributed by atoms with E-state index in [4.69, 9.17) is 0 Å². The average molecular weight is 330 g/mol. The predicted molar refractivity (Wildman–Crippen MR) is 88.0 cm³/mol. The molecule has 1 aromatic carbocycles. The molecule has 112 valence electrons. The lowest BCUT2D eigenvalue weighted by atomic mass is 10.1. The summed E-state index contributed by atoms with van der Waals surface area (Å²) in [4.78, 5) is 4.44. The monoisotopic (exact) mass is 330 g/mol. The van der Waals surface area contributed by atoms with Crippen LogP contribution in [0.1, 0.15) is 5.56 Å². The second kappa shape index (κ2) is 6.39. The Hall–Kier alpha value is -2.02. The van der Waals surface area contributed by atoms with Crippen molar-refractivity contribution in [3.05, 3.63) is 71.2 Å². The summed E-state index contributed by atoms with van der Waals surface area (Å²) in [7, 11) is -3.50. The molecule has 0 saturated heterocycles. The first-order valence-electron chi connectivity index (χ1n) is 6.66. The Kier molecular flexibility index (Phi) is 4.33. The van der Waals surface area contributed by atoms with Gasteiger partial charge < -0.3 is 0 Å². The normalized spacial score (nSPS) is 11.5. The molecule has 0 radical (unpaired) electrons. The van der Waals surface area contributed by atoms with Crippen molar-refractivity contribution in [1.82, 2.24) is 9.71 Å². The number of rotatable bonds is 5. The summed E-state index contributed by atoms with van der Waals surface area (Å²) in [6, 6.07) is 12.3. The van der Waals surface area contributed by atoms with Crippen LogP contribution in [0, 0.1) is 0 Å². The number of nitrogens with one attached hydrogen (secondary N) is 1. The van der Waals surface area contributed by atoms with Crippen molar-refractivity contribution in [2.45, 2.75) is 11.4 Å². The Morgan fingerprint density at radius 3 is 2.59 bits per heavy atom. The van der Waals surface area contributed by atoms with Gasteiger partial charge in [0.25, 0.3) is 0 Å². The van der Waals surface area contributed by atoms with E-state index in [1.54, 1.807) is 54.1 Å². The largest absolute Gasteiger partial charge is 0.264 e. The molecule has 0 aliphatic heterocycles. The molecule has 3 rings (SSSR count). The minimum absolute atomic E-state index is 0.211. The molecule has 0 saturated carbocycles. The molecule has 3 aromatic rings. The summed E-state index contributed by atoms with van der Waals surface area (Å²) >= 11 is 1.62. The van der Waals surface area contributed by atoms with Crippen LogP contribution in [-0.2, 0) is 16.6 Å². The third kappa shape index (κ3) is 3.41. The number of hydrogen-bond donors (Lipinski definition) is 1. The van der Waals surface area contributed by atoms with Crippen LogP contribution in [0.3, 0.4) is 0 Å². The Morgan fingerprint density at radius 1 is 1.05 bits per heavy atom. The van der Waals surface area contributed by atoms with Crippen LogP contribution in [0.2, 0.25) is 0 Å².